The molecule has 0 aliphatic carbocycles. The van der Waals surface area contributed by atoms with E-state index in [4.69, 9.17) is 0 Å². The zero-order valence-electron chi connectivity index (χ0n) is 7.21. The Balaban J connectivity index is 2.59. The van der Waals surface area contributed by atoms with E-state index in [1.165, 1.54) is 18.0 Å². The van der Waals surface area contributed by atoms with E-state index in [0.29, 0.717) is 5.03 Å². The van der Waals surface area contributed by atoms with Gasteiger partial charge in [-0.05, 0) is 12.3 Å². The molecule has 14 heavy (non-hydrogen) atoms. The van der Waals surface area contributed by atoms with Crippen LogP contribution < -0.4 is 4.74 Å². The van der Waals surface area contributed by atoms with Crippen molar-refractivity contribution in [3.8, 4) is 6.01 Å². The minimum atomic E-state index is -4.36. The van der Waals surface area contributed by atoms with E-state index in [-0.39, 0.29) is 6.01 Å². The van der Waals surface area contributed by atoms with Gasteiger partial charge in [0.25, 0.3) is 0 Å². The van der Waals surface area contributed by atoms with Crippen LogP contribution in [-0.4, -0.2) is 29.0 Å². The molecule has 1 aromatic rings. The predicted octanol–water partition coefficient (Wildman–Crippen LogP) is 2.14. The van der Waals surface area contributed by atoms with Crippen molar-refractivity contribution in [3.63, 3.8) is 0 Å². The van der Waals surface area contributed by atoms with Gasteiger partial charge in [0.15, 0.2) is 6.61 Å². The van der Waals surface area contributed by atoms with Crippen LogP contribution in [0, 0.1) is 0 Å². The van der Waals surface area contributed by atoms with Crippen molar-refractivity contribution in [1.29, 1.82) is 0 Å². The first-order valence-electron chi connectivity index (χ1n) is 3.58. The standard InChI is InChI=1S/C7H7F3N2OS/c1-14-5-2-3-11-6(12-5)13-4-7(8,9)10/h2-3H,4H2,1H3. The molecule has 1 heterocycles. The van der Waals surface area contributed by atoms with Gasteiger partial charge in [-0.1, -0.05) is 0 Å². The summed E-state index contributed by atoms with van der Waals surface area (Å²) in [6.45, 7) is -1.37. The van der Waals surface area contributed by atoms with Crippen LogP contribution in [0.2, 0.25) is 0 Å². The molecule has 0 radical (unpaired) electrons. The van der Waals surface area contributed by atoms with Crippen molar-refractivity contribution in [1.82, 2.24) is 9.97 Å². The summed E-state index contributed by atoms with van der Waals surface area (Å²) in [7, 11) is 0. The van der Waals surface area contributed by atoms with Gasteiger partial charge in [0.05, 0.1) is 0 Å². The average molecular weight is 224 g/mol. The first-order valence-corrected chi connectivity index (χ1v) is 4.80. The van der Waals surface area contributed by atoms with E-state index in [1.807, 2.05) is 0 Å². The second-order valence-electron chi connectivity index (χ2n) is 2.29. The molecular weight excluding hydrogens is 217 g/mol. The molecule has 0 amide bonds. The molecule has 1 aromatic heterocycles. The number of aromatic nitrogens is 2. The van der Waals surface area contributed by atoms with E-state index < -0.39 is 12.8 Å². The van der Waals surface area contributed by atoms with Crippen LogP contribution in [0.3, 0.4) is 0 Å². The molecule has 0 N–H and O–H groups in total. The van der Waals surface area contributed by atoms with Crippen molar-refractivity contribution in [2.75, 3.05) is 12.9 Å². The van der Waals surface area contributed by atoms with Crippen LogP contribution in [0.5, 0.6) is 6.01 Å². The number of thioether (sulfide) groups is 1. The quantitative estimate of drug-likeness (QED) is 0.582. The Bertz CT molecular complexity index is 305. The van der Waals surface area contributed by atoms with Crippen molar-refractivity contribution in [2.24, 2.45) is 0 Å². The Hall–Kier alpha value is -0.980. The summed E-state index contributed by atoms with van der Waals surface area (Å²) >= 11 is 1.30. The third-order valence-electron chi connectivity index (χ3n) is 1.18. The van der Waals surface area contributed by atoms with Gasteiger partial charge in [-0.2, -0.15) is 18.2 Å². The number of hydrogen-bond acceptors (Lipinski definition) is 4. The number of halogens is 3. The highest BCUT2D eigenvalue weighted by Crippen LogP contribution is 2.17. The third-order valence-corrected chi connectivity index (χ3v) is 1.83. The zero-order valence-corrected chi connectivity index (χ0v) is 8.02. The van der Waals surface area contributed by atoms with E-state index in [9.17, 15) is 13.2 Å². The summed E-state index contributed by atoms with van der Waals surface area (Å²) in [5.74, 6) is 0. The van der Waals surface area contributed by atoms with Crippen molar-refractivity contribution in [3.05, 3.63) is 12.3 Å². The molecule has 0 fully saturated rings. The summed E-state index contributed by atoms with van der Waals surface area (Å²) in [6.07, 6.45) is -1.25. The van der Waals surface area contributed by atoms with Gasteiger partial charge in [-0.3, -0.25) is 0 Å². The summed E-state index contributed by atoms with van der Waals surface area (Å²) in [4.78, 5) is 7.27. The molecule has 0 saturated heterocycles. The minimum Gasteiger partial charge on any atom is -0.454 e. The van der Waals surface area contributed by atoms with Crippen LogP contribution in [0.4, 0.5) is 13.2 Å². The molecular formula is C7H7F3N2OS. The van der Waals surface area contributed by atoms with E-state index in [2.05, 4.69) is 14.7 Å². The Kier molecular flexibility index (Phi) is 3.56. The number of nitrogens with zero attached hydrogens (tertiary/aromatic N) is 2. The minimum absolute atomic E-state index is 0.255. The number of hydrogen-bond donors (Lipinski definition) is 0. The summed E-state index contributed by atoms with van der Waals surface area (Å²) in [5, 5.41) is 0.567. The van der Waals surface area contributed by atoms with Crippen LogP contribution >= 0.6 is 11.8 Å². The molecule has 0 aromatic carbocycles. The largest absolute Gasteiger partial charge is 0.454 e. The maximum atomic E-state index is 11.7. The molecule has 1 rings (SSSR count). The Morgan fingerprint density at radius 1 is 1.50 bits per heavy atom. The van der Waals surface area contributed by atoms with Crippen molar-refractivity contribution >= 4 is 11.8 Å². The highest BCUT2D eigenvalue weighted by molar-refractivity contribution is 7.98. The van der Waals surface area contributed by atoms with Gasteiger partial charge in [-0.15, -0.1) is 11.8 Å². The molecule has 7 heteroatoms. The number of alkyl halides is 3. The second kappa shape index (κ2) is 4.50. The maximum absolute atomic E-state index is 11.7. The smallest absolute Gasteiger partial charge is 0.422 e. The molecule has 78 valence electrons. The van der Waals surface area contributed by atoms with E-state index in [1.54, 1.807) is 12.3 Å². The van der Waals surface area contributed by atoms with Gasteiger partial charge in [-0.25, -0.2) is 4.98 Å². The lowest BCUT2D eigenvalue weighted by Crippen LogP contribution is -2.20. The molecule has 0 bridgehead atoms. The number of ether oxygens (including phenoxy) is 1. The fraction of sp³-hybridized carbons (Fsp3) is 0.429. The average Bonchev–Trinajstić information content (AvgIpc) is 2.14. The lowest BCUT2D eigenvalue weighted by Gasteiger charge is -2.07. The first-order chi connectivity index (χ1) is 6.51. The first kappa shape index (κ1) is 11.1. The van der Waals surface area contributed by atoms with Gasteiger partial charge in [0, 0.05) is 6.20 Å². The van der Waals surface area contributed by atoms with Gasteiger partial charge >= 0.3 is 12.2 Å². The van der Waals surface area contributed by atoms with Gasteiger partial charge < -0.3 is 4.74 Å². The predicted molar refractivity (Wildman–Crippen MR) is 45.4 cm³/mol. The third kappa shape index (κ3) is 3.82. The molecule has 0 spiro atoms. The number of rotatable bonds is 3. The summed E-state index contributed by atoms with van der Waals surface area (Å²) in [5.41, 5.74) is 0. The van der Waals surface area contributed by atoms with Crippen molar-refractivity contribution in [2.45, 2.75) is 11.2 Å². The second-order valence-corrected chi connectivity index (χ2v) is 3.11. The van der Waals surface area contributed by atoms with Gasteiger partial charge in [0.1, 0.15) is 5.03 Å². The lowest BCUT2D eigenvalue weighted by molar-refractivity contribution is -0.154. The Morgan fingerprint density at radius 2 is 2.21 bits per heavy atom. The highest BCUT2D eigenvalue weighted by Gasteiger charge is 2.28. The van der Waals surface area contributed by atoms with Crippen LogP contribution in [0.1, 0.15) is 0 Å². The zero-order chi connectivity index (χ0) is 10.6. The molecule has 3 nitrogen and oxygen atoms in total. The fourth-order valence-corrected chi connectivity index (χ4v) is 1.02. The van der Waals surface area contributed by atoms with E-state index in [0.717, 1.165) is 0 Å². The maximum Gasteiger partial charge on any atom is 0.422 e. The monoisotopic (exact) mass is 224 g/mol. The molecule has 0 aliphatic rings. The summed E-state index contributed by atoms with van der Waals surface area (Å²) in [6, 6.07) is 1.33. The fourth-order valence-electron chi connectivity index (χ4n) is 0.655. The lowest BCUT2D eigenvalue weighted by atomic mass is 10.7. The summed E-state index contributed by atoms with van der Waals surface area (Å²) < 4.78 is 39.6. The van der Waals surface area contributed by atoms with Crippen LogP contribution in [0.15, 0.2) is 17.3 Å². The Labute approximate surface area is 82.7 Å². The van der Waals surface area contributed by atoms with Crippen LogP contribution in [0.25, 0.3) is 0 Å². The topological polar surface area (TPSA) is 35.0 Å². The molecule has 0 atom stereocenters. The SMILES string of the molecule is CSc1ccnc(OCC(F)(F)F)n1. The normalized spacial score (nSPS) is 11.4. The van der Waals surface area contributed by atoms with Gasteiger partial charge in [0.2, 0.25) is 0 Å². The van der Waals surface area contributed by atoms with Crippen LogP contribution in [-0.2, 0) is 0 Å². The molecule has 0 saturated carbocycles. The van der Waals surface area contributed by atoms with Crippen molar-refractivity contribution < 1.29 is 17.9 Å². The highest BCUT2D eigenvalue weighted by atomic mass is 32.2. The Morgan fingerprint density at radius 3 is 2.79 bits per heavy atom. The van der Waals surface area contributed by atoms with E-state index >= 15 is 0 Å². The molecule has 0 unspecified atom stereocenters. The molecule has 0 aliphatic heterocycles.